The van der Waals surface area contributed by atoms with Gasteiger partial charge in [0.15, 0.2) is 5.78 Å². The van der Waals surface area contributed by atoms with Crippen molar-refractivity contribution < 1.29 is 13.2 Å². The molecule has 5 heteroatoms. The van der Waals surface area contributed by atoms with Gasteiger partial charge in [0, 0.05) is 12.5 Å². The molecule has 90 valence electrons. The molecule has 0 radical (unpaired) electrons. The topological polar surface area (TPSA) is 54.5 Å². The molecule has 0 aliphatic carbocycles. The number of hydrogen-bond acceptors (Lipinski definition) is 3. The van der Waals surface area contributed by atoms with Gasteiger partial charge < -0.3 is 0 Å². The van der Waals surface area contributed by atoms with E-state index in [0.717, 1.165) is 4.31 Å². The van der Waals surface area contributed by atoms with E-state index in [1.807, 2.05) is 0 Å². The highest BCUT2D eigenvalue weighted by molar-refractivity contribution is 7.89. The number of ketones is 1. The predicted molar refractivity (Wildman–Crippen MR) is 61.1 cm³/mol. The summed E-state index contributed by atoms with van der Waals surface area (Å²) in [6, 6.07) is 0. The number of Topliss-reactive ketones (excluding diaryl/α,β-unsaturated/α-hetero) is 1. The lowest BCUT2D eigenvalue weighted by molar-refractivity contribution is -0.126. The van der Waals surface area contributed by atoms with Crippen molar-refractivity contribution in [1.82, 2.24) is 4.31 Å². The van der Waals surface area contributed by atoms with Crippen LogP contribution < -0.4 is 0 Å². The Kier molecular flexibility index (Phi) is 4.49. The third kappa shape index (κ3) is 3.91. The van der Waals surface area contributed by atoms with Gasteiger partial charge in [-0.05, 0) is 13.8 Å². The van der Waals surface area contributed by atoms with Crippen LogP contribution in [0, 0.1) is 5.41 Å². The molecule has 0 aromatic heterocycles. The van der Waals surface area contributed by atoms with Crippen molar-refractivity contribution in [2.24, 2.45) is 5.41 Å². The van der Waals surface area contributed by atoms with Crippen LogP contribution in [0.4, 0.5) is 0 Å². The second-order valence-electron chi connectivity index (χ2n) is 5.02. The number of nitrogens with zero attached hydrogens (tertiary/aromatic N) is 1. The van der Waals surface area contributed by atoms with Gasteiger partial charge in [-0.1, -0.05) is 20.8 Å². The first-order valence-electron chi connectivity index (χ1n) is 4.98. The molecule has 0 amide bonds. The highest BCUT2D eigenvalue weighted by Gasteiger charge is 2.28. The maximum Gasteiger partial charge on any atom is 0.216 e. The van der Waals surface area contributed by atoms with Crippen LogP contribution in [-0.4, -0.2) is 37.3 Å². The van der Waals surface area contributed by atoms with Crippen LogP contribution in [0.25, 0.3) is 0 Å². The standard InChI is InChI=1S/C10H21NO3S/c1-8(2)15(13,14)11(6)7-9(12)10(3,4)5/h8H,7H2,1-6H3. The zero-order valence-electron chi connectivity index (χ0n) is 10.4. The van der Waals surface area contributed by atoms with E-state index >= 15 is 0 Å². The van der Waals surface area contributed by atoms with Gasteiger partial charge in [-0.2, -0.15) is 4.31 Å². The van der Waals surface area contributed by atoms with Crippen LogP contribution in [-0.2, 0) is 14.8 Å². The van der Waals surface area contributed by atoms with E-state index in [1.54, 1.807) is 34.6 Å². The fraction of sp³-hybridized carbons (Fsp3) is 0.900. The van der Waals surface area contributed by atoms with Crippen LogP contribution in [0.2, 0.25) is 0 Å². The lowest BCUT2D eigenvalue weighted by Crippen LogP contribution is -2.40. The maximum absolute atomic E-state index is 11.7. The van der Waals surface area contributed by atoms with Crippen molar-refractivity contribution in [2.75, 3.05) is 13.6 Å². The van der Waals surface area contributed by atoms with E-state index in [2.05, 4.69) is 0 Å². The minimum absolute atomic E-state index is 0.0516. The van der Waals surface area contributed by atoms with E-state index in [1.165, 1.54) is 7.05 Å². The van der Waals surface area contributed by atoms with Crippen molar-refractivity contribution in [3.63, 3.8) is 0 Å². The van der Waals surface area contributed by atoms with Crippen molar-refractivity contribution in [3.8, 4) is 0 Å². The zero-order valence-corrected chi connectivity index (χ0v) is 11.2. The lowest BCUT2D eigenvalue weighted by atomic mass is 9.91. The third-order valence-corrected chi connectivity index (χ3v) is 4.42. The molecule has 0 bridgehead atoms. The zero-order chi connectivity index (χ0) is 12.4. The minimum atomic E-state index is -3.32. The average molecular weight is 235 g/mol. The van der Waals surface area contributed by atoms with Gasteiger partial charge in [-0.3, -0.25) is 4.79 Å². The Bertz CT molecular complexity index is 325. The Labute approximate surface area is 92.7 Å². The molecule has 0 atom stereocenters. The largest absolute Gasteiger partial charge is 0.298 e. The molecular formula is C10H21NO3S. The molecular weight excluding hydrogens is 214 g/mol. The van der Waals surface area contributed by atoms with Crippen LogP contribution >= 0.6 is 0 Å². The molecule has 0 saturated heterocycles. The van der Waals surface area contributed by atoms with E-state index in [4.69, 9.17) is 0 Å². The first kappa shape index (κ1) is 14.6. The van der Waals surface area contributed by atoms with Crippen LogP contribution in [0.15, 0.2) is 0 Å². The lowest BCUT2D eigenvalue weighted by Gasteiger charge is -2.23. The summed E-state index contributed by atoms with van der Waals surface area (Å²) in [5, 5.41) is -0.490. The number of sulfonamides is 1. The summed E-state index contributed by atoms with van der Waals surface area (Å²) in [5.74, 6) is -0.0748. The Morgan fingerprint density at radius 1 is 1.27 bits per heavy atom. The van der Waals surface area contributed by atoms with E-state index in [-0.39, 0.29) is 12.3 Å². The summed E-state index contributed by atoms with van der Waals surface area (Å²) >= 11 is 0. The first-order chi connectivity index (χ1) is 6.49. The normalized spacial score (nSPS) is 13.6. The van der Waals surface area contributed by atoms with Crippen LogP contribution in [0.3, 0.4) is 0 Å². The molecule has 15 heavy (non-hydrogen) atoms. The molecule has 0 N–H and O–H groups in total. The van der Waals surface area contributed by atoms with E-state index in [0.29, 0.717) is 0 Å². The smallest absolute Gasteiger partial charge is 0.216 e. The second kappa shape index (κ2) is 4.61. The van der Waals surface area contributed by atoms with E-state index < -0.39 is 20.7 Å². The van der Waals surface area contributed by atoms with Gasteiger partial charge in [-0.15, -0.1) is 0 Å². The van der Waals surface area contributed by atoms with Crippen LogP contribution in [0.1, 0.15) is 34.6 Å². The highest BCUT2D eigenvalue weighted by Crippen LogP contribution is 2.16. The average Bonchev–Trinajstić information content (AvgIpc) is 2.01. The number of carbonyl (C=O) groups is 1. The van der Waals surface area contributed by atoms with Crippen molar-refractivity contribution in [3.05, 3.63) is 0 Å². The number of hydrogen-bond donors (Lipinski definition) is 0. The summed E-state index contributed by atoms with van der Waals surface area (Å²) in [5.41, 5.74) is -0.499. The molecule has 4 nitrogen and oxygen atoms in total. The molecule has 0 saturated carbocycles. The van der Waals surface area contributed by atoms with Gasteiger partial charge in [0.2, 0.25) is 10.0 Å². The van der Waals surface area contributed by atoms with Crippen molar-refractivity contribution in [1.29, 1.82) is 0 Å². The second-order valence-corrected chi connectivity index (χ2v) is 7.62. The minimum Gasteiger partial charge on any atom is -0.298 e. The highest BCUT2D eigenvalue weighted by atomic mass is 32.2. The molecule has 0 heterocycles. The Morgan fingerprint density at radius 2 is 1.67 bits per heavy atom. The molecule has 0 aromatic carbocycles. The van der Waals surface area contributed by atoms with Gasteiger partial charge in [0.1, 0.15) is 0 Å². The molecule has 0 aliphatic rings. The summed E-state index contributed by atoms with van der Waals surface area (Å²) in [4.78, 5) is 11.6. The maximum atomic E-state index is 11.7. The van der Waals surface area contributed by atoms with Gasteiger partial charge >= 0.3 is 0 Å². The van der Waals surface area contributed by atoms with Gasteiger partial charge in [-0.25, -0.2) is 8.42 Å². The molecule has 0 rings (SSSR count). The number of carbonyl (C=O) groups excluding carboxylic acids is 1. The first-order valence-corrected chi connectivity index (χ1v) is 6.48. The fourth-order valence-corrected chi connectivity index (χ4v) is 1.91. The predicted octanol–water partition coefficient (Wildman–Crippen LogP) is 1.27. The Balaban J connectivity index is 4.67. The molecule has 0 unspecified atom stereocenters. The van der Waals surface area contributed by atoms with Crippen molar-refractivity contribution in [2.45, 2.75) is 39.9 Å². The Morgan fingerprint density at radius 3 is 1.93 bits per heavy atom. The summed E-state index contributed by atoms with van der Waals surface area (Å²) < 4.78 is 24.5. The molecule has 0 aromatic rings. The SMILES string of the molecule is CC(C)S(=O)(=O)N(C)CC(=O)C(C)(C)C. The van der Waals surface area contributed by atoms with E-state index in [9.17, 15) is 13.2 Å². The molecule has 0 aliphatic heterocycles. The molecule has 0 spiro atoms. The quantitative estimate of drug-likeness (QED) is 0.737. The monoisotopic (exact) mass is 235 g/mol. The van der Waals surface area contributed by atoms with Gasteiger partial charge in [0.05, 0.1) is 11.8 Å². The van der Waals surface area contributed by atoms with Gasteiger partial charge in [0.25, 0.3) is 0 Å². The molecule has 0 fully saturated rings. The van der Waals surface area contributed by atoms with Crippen molar-refractivity contribution >= 4 is 15.8 Å². The summed E-state index contributed by atoms with van der Waals surface area (Å²) in [7, 11) is -1.88. The Hall–Kier alpha value is -0.420. The fourth-order valence-electron chi connectivity index (χ4n) is 0.889. The summed E-state index contributed by atoms with van der Waals surface area (Å²) in [6.45, 7) is 8.51. The number of likely N-dealkylation sites (N-methyl/N-ethyl adjacent to an activating group) is 1. The summed E-state index contributed by atoms with van der Waals surface area (Å²) in [6.07, 6.45) is 0. The number of rotatable bonds is 4. The third-order valence-electron chi connectivity index (χ3n) is 2.23. The van der Waals surface area contributed by atoms with Crippen LogP contribution in [0.5, 0.6) is 0 Å².